The third-order valence-electron chi connectivity index (χ3n) is 4.02. The molecule has 0 unspecified atom stereocenters. The molecule has 2 aromatic carbocycles. The minimum atomic E-state index is -0.567. The molecule has 3 rings (SSSR count). The smallest absolute Gasteiger partial charge is 0.357 e. The van der Waals surface area contributed by atoms with Gasteiger partial charge in [0.25, 0.3) is 0 Å². The summed E-state index contributed by atoms with van der Waals surface area (Å²) in [6.07, 6.45) is 0. The minimum Gasteiger partial charge on any atom is -0.455 e. The number of esters is 1. The van der Waals surface area contributed by atoms with Gasteiger partial charge in [-0.3, -0.25) is 4.68 Å². The van der Waals surface area contributed by atoms with Gasteiger partial charge in [-0.2, -0.15) is 5.10 Å². The molecule has 3 aromatic rings. The number of carbonyl (C=O) groups is 1. The Hall–Kier alpha value is -2.92. The third kappa shape index (κ3) is 5.54. The number of rotatable bonds is 7. The standard InChI is InChI=1S/C23H26N2O3/c1-23(2,3)28-22(26)21-16-20(19-12-8-5-9-13-19)24-25(21)14-15-27-17-18-10-6-4-7-11-18/h4-13,16H,14-15,17H2,1-3H3. The van der Waals surface area contributed by atoms with Gasteiger partial charge in [-0.15, -0.1) is 0 Å². The van der Waals surface area contributed by atoms with Gasteiger partial charge in [-0.25, -0.2) is 4.79 Å². The molecule has 0 saturated heterocycles. The zero-order valence-electron chi connectivity index (χ0n) is 16.6. The molecular weight excluding hydrogens is 352 g/mol. The van der Waals surface area contributed by atoms with Crippen LogP contribution in [0, 0.1) is 0 Å². The predicted molar refractivity (Wildman–Crippen MR) is 109 cm³/mol. The monoisotopic (exact) mass is 378 g/mol. The van der Waals surface area contributed by atoms with Gasteiger partial charge in [0.2, 0.25) is 0 Å². The molecule has 0 radical (unpaired) electrons. The van der Waals surface area contributed by atoms with Gasteiger partial charge in [-0.1, -0.05) is 60.7 Å². The molecule has 0 aliphatic heterocycles. The van der Waals surface area contributed by atoms with Crippen molar-refractivity contribution >= 4 is 5.97 Å². The Bertz CT molecular complexity index is 897. The SMILES string of the molecule is CC(C)(C)OC(=O)c1cc(-c2ccccc2)nn1CCOCc1ccccc1. The van der Waals surface area contributed by atoms with Gasteiger partial charge in [-0.05, 0) is 32.4 Å². The highest BCUT2D eigenvalue weighted by Gasteiger charge is 2.23. The fraction of sp³-hybridized carbons (Fsp3) is 0.304. The van der Waals surface area contributed by atoms with Crippen LogP contribution in [0.25, 0.3) is 11.3 Å². The third-order valence-corrected chi connectivity index (χ3v) is 4.02. The van der Waals surface area contributed by atoms with Crippen LogP contribution in [0.15, 0.2) is 66.7 Å². The molecule has 28 heavy (non-hydrogen) atoms. The second-order valence-electron chi connectivity index (χ2n) is 7.54. The summed E-state index contributed by atoms with van der Waals surface area (Å²) in [5, 5.41) is 4.61. The number of aromatic nitrogens is 2. The van der Waals surface area contributed by atoms with Crippen LogP contribution in [0.1, 0.15) is 36.8 Å². The molecule has 1 heterocycles. The summed E-state index contributed by atoms with van der Waals surface area (Å²) >= 11 is 0. The first-order chi connectivity index (χ1) is 13.4. The molecule has 0 aliphatic rings. The topological polar surface area (TPSA) is 53.3 Å². The molecule has 5 heteroatoms. The molecule has 0 bridgehead atoms. The van der Waals surface area contributed by atoms with E-state index in [4.69, 9.17) is 9.47 Å². The van der Waals surface area contributed by atoms with Gasteiger partial charge in [0.1, 0.15) is 11.3 Å². The maximum atomic E-state index is 12.7. The Balaban J connectivity index is 1.73. The van der Waals surface area contributed by atoms with Gasteiger partial charge >= 0.3 is 5.97 Å². The molecule has 1 aromatic heterocycles. The van der Waals surface area contributed by atoms with Crippen LogP contribution in [-0.4, -0.2) is 28.0 Å². The van der Waals surface area contributed by atoms with Crippen LogP contribution in [-0.2, 0) is 22.6 Å². The lowest BCUT2D eigenvalue weighted by Crippen LogP contribution is -2.26. The molecule has 0 fully saturated rings. The molecular formula is C23H26N2O3. The predicted octanol–water partition coefficient (Wildman–Crippen LogP) is 4.72. The van der Waals surface area contributed by atoms with Crippen LogP contribution in [0.3, 0.4) is 0 Å². The van der Waals surface area contributed by atoms with Gasteiger partial charge < -0.3 is 9.47 Å². The fourth-order valence-corrected chi connectivity index (χ4v) is 2.75. The van der Waals surface area contributed by atoms with E-state index in [1.54, 1.807) is 10.7 Å². The van der Waals surface area contributed by atoms with Gasteiger partial charge in [0.15, 0.2) is 0 Å². The summed E-state index contributed by atoms with van der Waals surface area (Å²) < 4.78 is 13.0. The zero-order chi connectivity index (χ0) is 20.0. The quantitative estimate of drug-likeness (QED) is 0.441. The van der Waals surface area contributed by atoms with E-state index in [0.717, 1.165) is 16.8 Å². The highest BCUT2D eigenvalue weighted by Crippen LogP contribution is 2.21. The number of hydrogen-bond acceptors (Lipinski definition) is 4. The van der Waals surface area contributed by atoms with Crippen molar-refractivity contribution in [2.75, 3.05) is 6.61 Å². The number of carbonyl (C=O) groups excluding carboxylic acids is 1. The number of nitrogens with zero attached hydrogens (tertiary/aromatic N) is 2. The molecule has 5 nitrogen and oxygen atoms in total. The molecule has 0 aliphatic carbocycles. The zero-order valence-corrected chi connectivity index (χ0v) is 16.6. The average molecular weight is 378 g/mol. The Morgan fingerprint density at radius 2 is 1.64 bits per heavy atom. The van der Waals surface area contributed by atoms with Crippen molar-refractivity contribution in [2.45, 2.75) is 39.5 Å². The first-order valence-electron chi connectivity index (χ1n) is 9.41. The lowest BCUT2D eigenvalue weighted by molar-refractivity contribution is 0.00533. The molecule has 0 amide bonds. The lowest BCUT2D eigenvalue weighted by Gasteiger charge is -2.19. The van der Waals surface area contributed by atoms with Crippen molar-refractivity contribution < 1.29 is 14.3 Å². The van der Waals surface area contributed by atoms with Crippen molar-refractivity contribution in [1.82, 2.24) is 9.78 Å². The van der Waals surface area contributed by atoms with E-state index in [2.05, 4.69) is 5.10 Å². The minimum absolute atomic E-state index is 0.384. The maximum absolute atomic E-state index is 12.7. The highest BCUT2D eigenvalue weighted by molar-refractivity contribution is 5.89. The largest absolute Gasteiger partial charge is 0.455 e. The summed E-state index contributed by atoms with van der Waals surface area (Å²) in [6.45, 7) is 7.00. The maximum Gasteiger partial charge on any atom is 0.357 e. The Labute approximate surface area is 165 Å². The Kier molecular flexibility index (Phi) is 6.26. The second-order valence-corrected chi connectivity index (χ2v) is 7.54. The van der Waals surface area contributed by atoms with E-state index in [9.17, 15) is 4.79 Å². The van der Waals surface area contributed by atoms with Crippen LogP contribution in [0.4, 0.5) is 0 Å². The summed E-state index contributed by atoms with van der Waals surface area (Å²) in [4.78, 5) is 12.7. The number of ether oxygens (including phenoxy) is 2. The van der Waals surface area contributed by atoms with Crippen molar-refractivity contribution in [3.8, 4) is 11.3 Å². The van der Waals surface area contributed by atoms with E-state index < -0.39 is 5.60 Å². The normalized spacial score (nSPS) is 11.4. The van der Waals surface area contributed by atoms with Gasteiger partial charge in [0, 0.05) is 5.56 Å². The first kappa shape index (κ1) is 19.8. The summed E-state index contributed by atoms with van der Waals surface area (Å²) in [5.74, 6) is -0.384. The van der Waals surface area contributed by atoms with E-state index in [1.807, 2.05) is 81.4 Å². The summed E-state index contributed by atoms with van der Waals surface area (Å²) in [6, 6.07) is 21.6. The van der Waals surface area contributed by atoms with E-state index in [-0.39, 0.29) is 5.97 Å². The fourth-order valence-electron chi connectivity index (χ4n) is 2.75. The molecule has 0 saturated carbocycles. The lowest BCUT2D eigenvalue weighted by atomic mass is 10.1. The average Bonchev–Trinajstić information content (AvgIpc) is 3.10. The van der Waals surface area contributed by atoms with Crippen molar-refractivity contribution in [3.63, 3.8) is 0 Å². The van der Waals surface area contributed by atoms with E-state index >= 15 is 0 Å². The highest BCUT2D eigenvalue weighted by atomic mass is 16.6. The molecule has 146 valence electrons. The van der Waals surface area contributed by atoms with E-state index in [0.29, 0.717) is 25.5 Å². The van der Waals surface area contributed by atoms with E-state index in [1.165, 1.54) is 0 Å². The number of benzene rings is 2. The van der Waals surface area contributed by atoms with Crippen LogP contribution < -0.4 is 0 Å². The van der Waals surface area contributed by atoms with Crippen molar-refractivity contribution in [3.05, 3.63) is 78.0 Å². The molecule has 0 N–H and O–H groups in total. The Morgan fingerprint density at radius 1 is 1.00 bits per heavy atom. The Morgan fingerprint density at radius 3 is 2.29 bits per heavy atom. The molecule has 0 atom stereocenters. The summed E-state index contributed by atoms with van der Waals surface area (Å²) in [5.41, 5.74) is 2.67. The van der Waals surface area contributed by atoms with Crippen LogP contribution in [0.2, 0.25) is 0 Å². The second kappa shape index (κ2) is 8.85. The van der Waals surface area contributed by atoms with Gasteiger partial charge in [0.05, 0.1) is 25.5 Å². The summed E-state index contributed by atoms with van der Waals surface area (Å²) in [7, 11) is 0. The van der Waals surface area contributed by atoms with Crippen LogP contribution in [0.5, 0.6) is 0 Å². The molecule has 0 spiro atoms. The van der Waals surface area contributed by atoms with Crippen molar-refractivity contribution in [2.24, 2.45) is 0 Å². The first-order valence-corrected chi connectivity index (χ1v) is 9.41. The number of hydrogen-bond donors (Lipinski definition) is 0. The van der Waals surface area contributed by atoms with Crippen LogP contribution >= 0.6 is 0 Å². The van der Waals surface area contributed by atoms with Crippen molar-refractivity contribution in [1.29, 1.82) is 0 Å².